The summed E-state index contributed by atoms with van der Waals surface area (Å²) < 4.78 is 2.45. The lowest BCUT2D eigenvalue weighted by Gasteiger charge is -2.31. The van der Waals surface area contributed by atoms with Crippen LogP contribution < -0.4 is 11.1 Å². The van der Waals surface area contributed by atoms with Gasteiger partial charge in [0.25, 0.3) is 0 Å². The molecule has 3 N–H and O–H groups in total. The van der Waals surface area contributed by atoms with Gasteiger partial charge in [-0.1, -0.05) is 36.4 Å². The minimum atomic E-state index is 0.169. The third-order valence-corrected chi connectivity index (χ3v) is 4.44. The van der Waals surface area contributed by atoms with Crippen LogP contribution in [0.3, 0.4) is 0 Å². The van der Waals surface area contributed by atoms with Crippen molar-refractivity contribution in [3.8, 4) is 0 Å². The van der Waals surface area contributed by atoms with E-state index < -0.39 is 0 Å². The number of aromatic nitrogens is 1. The number of fused-ring (bicyclic) bond motifs is 3. The van der Waals surface area contributed by atoms with E-state index in [9.17, 15) is 0 Å². The molecule has 1 aliphatic heterocycles. The number of nitrogens with two attached hydrogens (primary N) is 1. The van der Waals surface area contributed by atoms with Crippen molar-refractivity contribution in [3.05, 3.63) is 48.5 Å². The molecule has 0 radical (unpaired) electrons. The second-order valence-corrected chi connectivity index (χ2v) is 5.63. The monoisotopic (exact) mass is 265 g/mol. The lowest BCUT2D eigenvalue weighted by Crippen LogP contribution is -2.46. The van der Waals surface area contributed by atoms with Gasteiger partial charge >= 0.3 is 0 Å². The molecule has 0 saturated carbocycles. The molecule has 1 saturated heterocycles. The van der Waals surface area contributed by atoms with Gasteiger partial charge in [0, 0.05) is 34.4 Å². The molecule has 3 aromatic rings. The second kappa shape index (κ2) is 4.62. The van der Waals surface area contributed by atoms with Crippen LogP contribution in [0.15, 0.2) is 48.5 Å². The summed E-state index contributed by atoms with van der Waals surface area (Å²) in [5.74, 6) is 0. The molecule has 4 rings (SSSR count). The summed E-state index contributed by atoms with van der Waals surface area (Å²) in [6.45, 7) is 1.94. The van der Waals surface area contributed by atoms with Gasteiger partial charge < -0.3 is 15.6 Å². The number of nitrogens with one attached hydrogen (secondary N) is 1. The van der Waals surface area contributed by atoms with E-state index in [2.05, 4.69) is 58.4 Å². The van der Waals surface area contributed by atoms with E-state index in [0.29, 0.717) is 6.04 Å². The SMILES string of the molecule is N[C@H]1CNCC[C@@H]1n1c2ccccc2c2ccccc21. The van der Waals surface area contributed by atoms with E-state index in [0.717, 1.165) is 19.5 Å². The minimum absolute atomic E-state index is 0.169. The van der Waals surface area contributed by atoms with Crippen molar-refractivity contribution in [1.29, 1.82) is 0 Å². The molecule has 3 nitrogen and oxygen atoms in total. The molecular formula is C17H19N3. The van der Waals surface area contributed by atoms with Crippen molar-refractivity contribution in [2.75, 3.05) is 13.1 Å². The van der Waals surface area contributed by atoms with Crippen LogP contribution in [0, 0.1) is 0 Å². The smallest absolute Gasteiger partial charge is 0.0518 e. The summed E-state index contributed by atoms with van der Waals surface area (Å²) in [7, 11) is 0. The van der Waals surface area contributed by atoms with Crippen LogP contribution in [0.1, 0.15) is 12.5 Å². The van der Waals surface area contributed by atoms with E-state index in [-0.39, 0.29) is 6.04 Å². The highest BCUT2D eigenvalue weighted by Crippen LogP contribution is 2.34. The quantitative estimate of drug-likeness (QED) is 0.710. The highest BCUT2D eigenvalue weighted by molar-refractivity contribution is 6.08. The molecule has 3 heteroatoms. The van der Waals surface area contributed by atoms with Crippen LogP contribution in [0.5, 0.6) is 0 Å². The molecule has 0 spiro atoms. The Bertz CT molecular complexity index is 706. The molecule has 0 bridgehead atoms. The van der Waals surface area contributed by atoms with Gasteiger partial charge in [0.1, 0.15) is 0 Å². The van der Waals surface area contributed by atoms with Crippen molar-refractivity contribution in [1.82, 2.24) is 9.88 Å². The first-order chi connectivity index (χ1) is 9.86. The summed E-state index contributed by atoms with van der Waals surface area (Å²) >= 11 is 0. The van der Waals surface area contributed by atoms with Gasteiger partial charge in [-0.05, 0) is 25.1 Å². The van der Waals surface area contributed by atoms with E-state index in [1.165, 1.54) is 21.8 Å². The number of para-hydroxylation sites is 2. The topological polar surface area (TPSA) is 43.0 Å². The average Bonchev–Trinajstić information content (AvgIpc) is 2.83. The van der Waals surface area contributed by atoms with E-state index in [1.54, 1.807) is 0 Å². The maximum atomic E-state index is 6.37. The summed E-state index contributed by atoms with van der Waals surface area (Å²) in [5.41, 5.74) is 8.97. The van der Waals surface area contributed by atoms with Gasteiger partial charge in [-0.15, -0.1) is 0 Å². The standard InChI is InChI=1S/C17H19N3/c18-14-11-19-10-9-17(14)20-15-7-3-1-5-12(15)13-6-2-4-8-16(13)20/h1-8,14,17,19H,9-11,18H2/t14-,17-/m0/s1. The summed E-state index contributed by atoms with van der Waals surface area (Å²) in [5, 5.41) is 6.04. The van der Waals surface area contributed by atoms with Crippen molar-refractivity contribution in [2.45, 2.75) is 18.5 Å². The average molecular weight is 265 g/mol. The molecule has 2 aromatic carbocycles. The Balaban J connectivity index is 2.04. The van der Waals surface area contributed by atoms with E-state index in [4.69, 9.17) is 5.73 Å². The summed E-state index contributed by atoms with van der Waals surface area (Å²) in [6, 6.07) is 17.8. The summed E-state index contributed by atoms with van der Waals surface area (Å²) in [4.78, 5) is 0. The zero-order valence-corrected chi connectivity index (χ0v) is 11.4. The van der Waals surface area contributed by atoms with Gasteiger partial charge in [0.05, 0.1) is 6.04 Å². The Kier molecular flexibility index (Phi) is 2.76. The molecule has 0 amide bonds. The largest absolute Gasteiger partial charge is 0.336 e. The summed E-state index contributed by atoms with van der Waals surface area (Å²) in [6.07, 6.45) is 1.09. The van der Waals surface area contributed by atoms with E-state index >= 15 is 0 Å². The third kappa shape index (κ3) is 1.67. The van der Waals surface area contributed by atoms with Crippen LogP contribution in [0.2, 0.25) is 0 Å². The number of benzene rings is 2. The van der Waals surface area contributed by atoms with E-state index in [1.807, 2.05) is 0 Å². The Labute approximate surface area is 118 Å². The first kappa shape index (κ1) is 11.9. The third-order valence-electron chi connectivity index (χ3n) is 4.44. The van der Waals surface area contributed by atoms with Crippen LogP contribution in [-0.4, -0.2) is 23.7 Å². The number of rotatable bonds is 1. The fourth-order valence-corrected chi connectivity index (χ4v) is 3.50. The number of piperidine rings is 1. The van der Waals surface area contributed by atoms with Crippen LogP contribution in [-0.2, 0) is 0 Å². The van der Waals surface area contributed by atoms with Gasteiger partial charge in [-0.2, -0.15) is 0 Å². The first-order valence-corrected chi connectivity index (χ1v) is 7.30. The van der Waals surface area contributed by atoms with Crippen molar-refractivity contribution in [2.24, 2.45) is 5.73 Å². The normalized spacial score (nSPS) is 23.4. The lowest BCUT2D eigenvalue weighted by molar-refractivity contribution is 0.334. The van der Waals surface area contributed by atoms with Crippen molar-refractivity contribution >= 4 is 21.8 Å². The molecule has 102 valence electrons. The molecule has 2 atom stereocenters. The zero-order chi connectivity index (χ0) is 13.5. The molecule has 0 aliphatic carbocycles. The van der Waals surface area contributed by atoms with Gasteiger partial charge in [0.15, 0.2) is 0 Å². The molecule has 2 heterocycles. The highest BCUT2D eigenvalue weighted by atomic mass is 15.1. The fourth-order valence-electron chi connectivity index (χ4n) is 3.50. The van der Waals surface area contributed by atoms with Gasteiger partial charge in [-0.3, -0.25) is 0 Å². The molecule has 1 aromatic heterocycles. The predicted molar refractivity (Wildman–Crippen MR) is 83.9 cm³/mol. The lowest BCUT2D eigenvalue weighted by atomic mass is 10.0. The van der Waals surface area contributed by atoms with Crippen molar-refractivity contribution in [3.63, 3.8) is 0 Å². The molecule has 1 fully saturated rings. The maximum Gasteiger partial charge on any atom is 0.0518 e. The minimum Gasteiger partial charge on any atom is -0.336 e. The first-order valence-electron chi connectivity index (χ1n) is 7.30. The fraction of sp³-hybridized carbons (Fsp3) is 0.294. The second-order valence-electron chi connectivity index (χ2n) is 5.63. The molecule has 0 unspecified atom stereocenters. The Hall–Kier alpha value is -1.84. The Morgan fingerprint density at radius 2 is 1.55 bits per heavy atom. The number of hydrogen-bond donors (Lipinski definition) is 2. The van der Waals surface area contributed by atoms with Gasteiger partial charge in [-0.25, -0.2) is 0 Å². The molecular weight excluding hydrogens is 246 g/mol. The van der Waals surface area contributed by atoms with Crippen LogP contribution in [0.4, 0.5) is 0 Å². The molecule has 1 aliphatic rings. The van der Waals surface area contributed by atoms with Crippen LogP contribution in [0.25, 0.3) is 21.8 Å². The van der Waals surface area contributed by atoms with Crippen LogP contribution >= 0.6 is 0 Å². The zero-order valence-electron chi connectivity index (χ0n) is 11.4. The Morgan fingerprint density at radius 3 is 2.15 bits per heavy atom. The number of hydrogen-bond acceptors (Lipinski definition) is 2. The Morgan fingerprint density at radius 1 is 0.950 bits per heavy atom. The van der Waals surface area contributed by atoms with Crippen molar-refractivity contribution < 1.29 is 0 Å². The molecule has 20 heavy (non-hydrogen) atoms. The van der Waals surface area contributed by atoms with Gasteiger partial charge in [0.2, 0.25) is 0 Å². The predicted octanol–water partition coefficient (Wildman–Crippen LogP) is 2.66. The number of nitrogens with zero attached hydrogens (tertiary/aromatic N) is 1. The maximum absolute atomic E-state index is 6.37. The highest BCUT2D eigenvalue weighted by Gasteiger charge is 2.25.